The van der Waals surface area contributed by atoms with Gasteiger partial charge in [-0.2, -0.15) is 0 Å². The van der Waals surface area contributed by atoms with Crippen LogP contribution in [-0.2, 0) is 16.6 Å². The number of rotatable bonds is 4. The van der Waals surface area contributed by atoms with Gasteiger partial charge in [-0.15, -0.1) is 0 Å². The molecule has 0 atom stereocenters. The van der Waals surface area contributed by atoms with E-state index in [0.29, 0.717) is 37.8 Å². The summed E-state index contributed by atoms with van der Waals surface area (Å²) in [5, 5.41) is 1.57. The first-order valence-electron chi connectivity index (χ1n) is 12.0. The number of sulfonamides is 1. The zero-order chi connectivity index (χ0) is 27.9. The van der Waals surface area contributed by atoms with E-state index in [0.717, 1.165) is 11.1 Å². The van der Waals surface area contributed by atoms with Gasteiger partial charge in [0.2, 0.25) is 11.4 Å². The number of aryl methyl sites for hydroxylation is 1. The first-order valence-corrected chi connectivity index (χ1v) is 15.0. The van der Waals surface area contributed by atoms with Gasteiger partial charge < -0.3 is 4.42 Å². The monoisotopic (exact) mass is 607 g/mol. The van der Waals surface area contributed by atoms with Gasteiger partial charge in [-0.1, -0.05) is 70.9 Å². The van der Waals surface area contributed by atoms with E-state index in [1.807, 2.05) is 55.5 Å². The average Bonchev–Trinajstić information content (AvgIpc) is 2.93. The maximum absolute atomic E-state index is 13.2. The maximum Gasteiger partial charge on any atom is 0.264 e. The van der Waals surface area contributed by atoms with Crippen LogP contribution in [0.5, 0.6) is 0 Å². The molecular weight excluding hydrogens is 589 g/mol. The minimum atomic E-state index is -3.94. The number of pyridine rings is 1. The van der Waals surface area contributed by atoms with Crippen molar-refractivity contribution in [1.29, 1.82) is 0 Å². The van der Waals surface area contributed by atoms with E-state index < -0.39 is 10.0 Å². The van der Waals surface area contributed by atoms with Crippen molar-refractivity contribution < 1.29 is 12.8 Å². The molecule has 0 aliphatic carbocycles. The van der Waals surface area contributed by atoms with Crippen molar-refractivity contribution in [2.75, 3.05) is 0 Å². The third-order valence-electron chi connectivity index (χ3n) is 5.99. The smallest absolute Gasteiger partial charge is 0.264 e. The Morgan fingerprint density at radius 1 is 1.02 bits per heavy atom. The van der Waals surface area contributed by atoms with Gasteiger partial charge in [0.25, 0.3) is 10.0 Å². The lowest BCUT2D eigenvalue weighted by molar-refractivity contribution is 0.505. The lowest BCUT2D eigenvalue weighted by Gasteiger charge is -2.20. The number of hydrogen-bond acceptors (Lipinski definition) is 8. The van der Waals surface area contributed by atoms with Crippen LogP contribution in [0.4, 0.5) is 5.69 Å². The Kier molecular flexibility index (Phi) is 7.09. The highest BCUT2D eigenvalue weighted by Gasteiger charge is 2.30. The number of aliphatic imine (C=N–C) groups is 1. The average molecular weight is 609 g/mol. The highest BCUT2D eigenvalue weighted by atomic mass is 35.5. The summed E-state index contributed by atoms with van der Waals surface area (Å²) in [7, 11) is -3.94. The van der Waals surface area contributed by atoms with Crippen LogP contribution in [0.1, 0.15) is 11.1 Å². The topological polar surface area (TPSA) is 110 Å². The third kappa shape index (κ3) is 5.48. The Labute approximate surface area is 243 Å². The zero-order valence-electron chi connectivity index (χ0n) is 20.8. The van der Waals surface area contributed by atoms with Crippen molar-refractivity contribution in [2.24, 2.45) is 9.98 Å². The van der Waals surface area contributed by atoms with E-state index in [1.54, 1.807) is 24.4 Å². The Hall–Kier alpha value is -3.70. The summed E-state index contributed by atoms with van der Waals surface area (Å²) in [6, 6.07) is 21.6. The third-order valence-corrected chi connectivity index (χ3v) is 9.15. The zero-order valence-corrected chi connectivity index (χ0v) is 23.9. The van der Waals surface area contributed by atoms with Crippen molar-refractivity contribution in [3.8, 4) is 11.5 Å². The second-order valence-electron chi connectivity index (χ2n) is 8.89. The molecule has 0 unspecified atom stereocenters. The molecule has 1 N–H and O–H groups in total. The minimum Gasteiger partial charge on any atom is -0.419 e. The van der Waals surface area contributed by atoms with Crippen LogP contribution in [0.25, 0.3) is 22.4 Å². The summed E-state index contributed by atoms with van der Waals surface area (Å²) in [5.41, 5.74) is 3.89. The highest BCUT2D eigenvalue weighted by molar-refractivity contribution is 8.16. The van der Waals surface area contributed by atoms with Crippen LogP contribution in [0, 0.1) is 6.92 Å². The predicted octanol–water partition coefficient (Wildman–Crippen LogP) is 6.68. The van der Waals surface area contributed by atoms with Crippen molar-refractivity contribution in [3.63, 3.8) is 0 Å². The largest absolute Gasteiger partial charge is 0.419 e. The molecule has 40 heavy (non-hydrogen) atoms. The van der Waals surface area contributed by atoms with Crippen molar-refractivity contribution in [2.45, 2.75) is 23.3 Å². The molecule has 1 aliphatic heterocycles. The molecule has 0 amide bonds. The van der Waals surface area contributed by atoms with Crippen LogP contribution in [-0.4, -0.2) is 23.6 Å². The van der Waals surface area contributed by atoms with Crippen LogP contribution in [0.15, 0.2) is 103 Å². The summed E-state index contributed by atoms with van der Waals surface area (Å²) in [6.07, 6.45) is 1.59. The Morgan fingerprint density at radius 3 is 2.60 bits per heavy atom. The number of nitrogens with zero attached hydrogens (tertiary/aromatic N) is 4. The molecule has 3 aromatic carbocycles. The van der Waals surface area contributed by atoms with Gasteiger partial charge in [-0.05, 0) is 55.0 Å². The van der Waals surface area contributed by atoms with Gasteiger partial charge >= 0.3 is 0 Å². The number of aromatic nitrogens is 2. The number of benzene rings is 3. The predicted molar refractivity (Wildman–Crippen MR) is 157 cm³/mol. The molecule has 12 heteroatoms. The summed E-state index contributed by atoms with van der Waals surface area (Å²) in [6.45, 7) is 2.22. The lowest BCUT2D eigenvalue weighted by atomic mass is 10.2. The molecule has 3 heterocycles. The number of halogens is 2. The Balaban J connectivity index is 1.42. The fourth-order valence-electron chi connectivity index (χ4n) is 3.98. The van der Waals surface area contributed by atoms with Gasteiger partial charge in [-0.25, -0.2) is 23.4 Å². The maximum atomic E-state index is 13.2. The molecule has 1 aliphatic rings. The standard InChI is InChI=1S/C28H19Cl2N5O3S2/c1-16-6-9-18(10-7-16)33-26-19-4-2-3-5-22(19)34-27(38-26)20-12-24-23(13-21(20)29)39-28(35-40(24,36)37)32-15-17-8-11-25(30)31-14-17/h2-14H,15H2,1H3,(H,32,35). The minimum absolute atomic E-state index is 0.0474. The Bertz CT molecular complexity index is 1980. The lowest BCUT2D eigenvalue weighted by Crippen LogP contribution is -2.32. The molecule has 6 rings (SSSR count). The van der Waals surface area contributed by atoms with Crippen LogP contribution >= 0.6 is 35.0 Å². The normalized spacial score (nSPS) is 15.7. The molecule has 2 aromatic heterocycles. The van der Waals surface area contributed by atoms with E-state index in [9.17, 15) is 8.42 Å². The second kappa shape index (κ2) is 10.7. The second-order valence-corrected chi connectivity index (χ2v) is 12.4. The molecule has 0 radical (unpaired) electrons. The van der Waals surface area contributed by atoms with Gasteiger partial charge in [0.15, 0.2) is 5.17 Å². The molecule has 0 spiro atoms. The van der Waals surface area contributed by atoms with Gasteiger partial charge in [0.05, 0.1) is 33.7 Å². The van der Waals surface area contributed by atoms with Crippen LogP contribution in [0.3, 0.4) is 0 Å². The SMILES string of the molecule is Cc1ccc(N=c2oc(-c3cc4c(cc3Cl)SC(=NCc3ccc(Cl)nc3)NS4(=O)=O)nc3ccccc23)cc1. The number of amidine groups is 1. The van der Waals surface area contributed by atoms with Crippen molar-refractivity contribution in [1.82, 2.24) is 14.7 Å². The first kappa shape index (κ1) is 26.5. The van der Waals surface area contributed by atoms with Crippen molar-refractivity contribution in [3.05, 3.63) is 106 Å². The van der Waals surface area contributed by atoms with Gasteiger partial charge in [0.1, 0.15) is 10.0 Å². The number of fused-ring (bicyclic) bond motifs is 2. The summed E-state index contributed by atoms with van der Waals surface area (Å²) in [5.74, 6) is 0.146. The van der Waals surface area contributed by atoms with E-state index in [4.69, 9.17) is 32.6 Å². The van der Waals surface area contributed by atoms with Crippen LogP contribution < -0.4 is 10.3 Å². The summed E-state index contributed by atoms with van der Waals surface area (Å²) >= 11 is 13.7. The van der Waals surface area contributed by atoms with E-state index in [2.05, 4.69) is 19.7 Å². The number of thioether (sulfide) groups is 1. The van der Waals surface area contributed by atoms with Gasteiger partial charge in [0, 0.05) is 11.1 Å². The summed E-state index contributed by atoms with van der Waals surface area (Å²) < 4.78 is 35.1. The quantitative estimate of drug-likeness (QED) is 0.228. The fraction of sp³-hybridized carbons (Fsp3) is 0.0714. The van der Waals surface area contributed by atoms with Crippen molar-refractivity contribution >= 4 is 66.7 Å². The van der Waals surface area contributed by atoms with E-state index in [1.165, 1.54) is 17.8 Å². The number of nitrogens with one attached hydrogen (secondary N) is 1. The van der Waals surface area contributed by atoms with E-state index >= 15 is 0 Å². The Morgan fingerprint density at radius 2 is 1.82 bits per heavy atom. The fourth-order valence-corrected chi connectivity index (χ4v) is 7.02. The molecule has 5 aromatic rings. The molecule has 0 bridgehead atoms. The molecule has 0 saturated carbocycles. The highest BCUT2D eigenvalue weighted by Crippen LogP contribution is 2.39. The number of para-hydroxylation sites is 1. The molecule has 200 valence electrons. The molecule has 0 saturated heterocycles. The number of hydrogen-bond donors (Lipinski definition) is 1. The molecular formula is C28H19Cl2N5O3S2. The first-order chi connectivity index (χ1) is 19.2. The molecule has 0 fully saturated rings. The van der Waals surface area contributed by atoms with E-state index in [-0.39, 0.29) is 27.5 Å². The molecule has 8 nitrogen and oxygen atoms in total. The summed E-state index contributed by atoms with van der Waals surface area (Å²) in [4.78, 5) is 18.2. The van der Waals surface area contributed by atoms with Gasteiger partial charge in [-0.3, -0.25) is 9.71 Å². The van der Waals surface area contributed by atoms with Crippen LogP contribution in [0.2, 0.25) is 10.2 Å².